The van der Waals surface area contributed by atoms with Gasteiger partial charge in [0, 0.05) is 12.4 Å². The van der Waals surface area contributed by atoms with Gasteiger partial charge in [-0.3, -0.25) is 4.98 Å². The predicted molar refractivity (Wildman–Crippen MR) is 84.9 cm³/mol. The van der Waals surface area contributed by atoms with Crippen LogP contribution in [0.15, 0.2) is 36.7 Å². The fourth-order valence-corrected chi connectivity index (χ4v) is 2.70. The molecule has 6 heteroatoms. The monoisotopic (exact) mass is 320 g/mol. The third-order valence-electron chi connectivity index (χ3n) is 3.38. The van der Waals surface area contributed by atoms with Crippen LogP contribution in [-0.4, -0.2) is 19.5 Å². The molecule has 0 bridgehead atoms. The molecule has 108 valence electrons. The molecule has 3 heterocycles. The van der Waals surface area contributed by atoms with E-state index in [0.717, 1.165) is 22.7 Å². The van der Waals surface area contributed by atoms with Crippen molar-refractivity contribution in [3.05, 3.63) is 53.2 Å². The van der Waals surface area contributed by atoms with Crippen molar-refractivity contribution in [2.75, 3.05) is 0 Å². The molecule has 0 radical (unpaired) electrons. The van der Waals surface area contributed by atoms with Crippen molar-refractivity contribution >= 4 is 34.4 Å². The molecule has 0 aromatic carbocycles. The zero-order chi connectivity index (χ0) is 15.0. The van der Waals surface area contributed by atoms with Crippen molar-refractivity contribution in [1.29, 1.82) is 0 Å². The lowest BCUT2D eigenvalue weighted by molar-refractivity contribution is 0.599. The van der Waals surface area contributed by atoms with Crippen LogP contribution in [0, 0.1) is 0 Å². The highest BCUT2D eigenvalue weighted by molar-refractivity contribution is 6.31. The maximum atomic E-state index is 6.29. The number of nitrogens with zero attached hydrogens (tertiary/aromatic N) is 4. The van der Waals surface area contributed by atoms with Crippen molar-refractivity contribution in [2.24, 2.45) is 0 Å². The molecule has 0 amide bonds. The Kier molecular flexibility index (Phi) is 3.83. The predicted octanol–water partition coefficient (Wildman–Crippen LogP) is 4.39. The minimum atomic E-state index is -0.232. The number of imidazole rings is 1. The summed E-state index contributed by atoms with van der Waals surface area (Å²) >= 11 is 12.3. The van der Waals surface area contributed by atoms with Crippen LogP contribution in [0.5, 0.6) is 0 Å². The Morgan fingerprint density at radius 1 is 1.19 bits per heavy atom. The first-order chi connectivity index (χ1) is 10.1. The second-order valence-corrected chi connectivity index (χ2v) is 5.97. The molecule has 3 rings (SSSR count). The number of rotatable bonds is 3. The zero-order valence-corrected chi connectivity index (χ0v) is 13.2. The van der Waals surface area contributed by atoms with Crippen molar-refractivity contribution in [2.45, 2.75) is 25.3 Å². The molecule has 0 N–H and O–H groups in total. The first-order valence-corrected chi connectivity index (χ1v) is 7.47. The molecular weight excluding hydrogens is 307 g/mol. The number of alkyl halides is 1. The fourth-order valence-electron chi connectivity index (χ4n) is 2.39. The van der Waals surface area contributed by atoms with Gasteiger partial charge in [0.05, 0.1) is 22.1 Å². The van der Waals surface area contributed by atoms with Gasteiger partial charge in [0.2, 0.25) is 0 Å². The number of halogens is 2. The number of aromatic nitrogens is 4. The third-order valence-corrected chi connectivity index (χ3v) is 3.78. The Hall–Kier alpha value is -1.65. The van der Waals surface area contributed by atoms with E-state index in [1.807, 2.05) is 29.7 Å². The van der Waals surface area contributed by atoms with Crippen molar-refractivity contribution in [1.82, 2.24) is 19.5 Å². The van der Waals surface area contributed by atoms with Gasteiger partial charge in [-0.2, -0.15) is 0 Å². The van der Waals surface area contributed by atoms with Crippen LogP contribution in [0.25, 0.3) is 11.2 Å². The van der Waals surface area contributed by atoms with Crippen LogP contribution in [0.1, 0.15) is 36.8 Å². The Bertz CT molecular complexity index is 768. The van der Waals surface area contributed by atoms with Crippen LogP contribution in [0.3, 0.4) is 0 Å². The summed E-state index contributed by atoms with van der Waals surface area (Å²) in [6.45, 7) is 3.95. The number of hydrogen-bond donors (Lipinski definition) is 0. The van der Waals surface area contributed by atoms with Crippen LogP contribution in [0.2, 0.25) is 5.02 Å². The van der Waals surface area contributed by atoms with Gasteiger partial charge in [-0.15, -0.1) is 11.6 Å². The second-order valence-electron chi connectivity index (χ2n) is 4.88. The molecule has 2 unspecified atom stereocenters. The highest BCUT2D eigenvalue weighted by Gasteiger charge is 2.21. The molecule has 0 spiro atoms. The topological polar surface area (TPSA) is 43.6 Å². The van der Waals surface area contributed by atoms with Crippen LogP contribution >= 0.6 is 23.2 Å². The average Bonchev–Trinajstić information content (AvgIpc) is 2.86. The standard InChI is InChI=1S/C15H14Cl2N4/c1-9(16)14-20-13-7-11(17)8-19-15(13)21(14)10(2)12-5-3-4-6-18-12/h3-10H,1-2H3. The van der Waals surface area contributed by atoms with E-state index < -0.39 is 0 Å². The second kappa shape index (κ2) is 5.62. The van der Waals surface area contributed by atoms with E-state index in [2.05, 4.69) is 21.9 Å². The molecule has 0 saturated carbocycles. The summed E-state index contributed by atoms with van der Waals surface area (Å²) in [5, 5.41) is 0.329. The average molecular weight is 321 g/mol. The Morgan fingerprint density at radius 2 is 2.00 bits per heavy atom. The maximum absolute atomic E-state index is 6.29. The van der Waals surface area contributed by atoms with Crippen molar-refractivity contribution < 1.29 is 0 Å². The van der Waals surface area contributed by atoms with E-state index in [1.165, 1.54) is 0 Å². The fraction of sp³-hybridized carbons (Fsp3) is 0.267. The van der Waals surface area contributed by atoms with E-state index in [4.69, 9.17) is 23.2 Å². The quantitative estimate of drug-likeness (QED) is 0.672. The van der Waals surface area contributed by atoms with E-state index >= 15 is 0 Å². The summed E-state index contributed by atoms with van der Waals surface area (Å²) in [5.74, 6) is 0.764. The minimum Gasteiger partial charge on any atom is -0.303 e. The third kappa shape index (κ3) is 2.61. The largest absolute Gasteiger partial charge is 0.303 e. The zero-order valence-electron chi connectivity index (χ0n) is 11.7. The van der Waals surface area contributed by atoms with Gasteiger partial charge in [0.1, 0.15) is 11.3 Å². The molecular formula is C15H14Cl2N4. The van der Waals surface area contributed by atoms with Gasteiger partial charge in [-0.1, -0.05) is 17.7 Å². The first kappa shape index (κ1) is 14.3. The van der Waals surface area contributed by atoms with E-state index in [-0.39, 0.29) is 11.4 Å². The van der Waals surface area contributed by atoms with Gasteiger partial charge in [0.15, 0.2) is 5.65 Å². The number of fused-ring (bicyclic) bond motifs is 1. The van der Waals surface area contributed by atoms with E-state index in [0.29, 0.717) is 5.02 Å². The molecule has 4 nitrogen and oxygen atoms in total. The van der Waals surface area contributed by atoms with Gasteiger partial charge in [-0.05, 0) is 32.0 Å². The molecule has 0 aliphatic carbocycles. The Morgan fingerprint density at radius 3 is 2.67 bits per heavy atom. The summed E-state index contributed by atoms with van der Waals surface area (Å²) in [4.78, 5) is 13.4. The summed E-state index contributed by atoms with van der Waals surface area (Å²) < 4.78 is 2.02. The van der Waals surface area contributed by atoms with Gasteiger partial charge in [-0.25, -0.2) is 9.97 Å². The van der Waals surface area contributed by atoms with Gasteiger partial charge < -0.3 is 4.57 Å². The molecule has 3 aromatic heterocycles. The lowest BCUT2D eigenvalue weighted by Gasteiger charge is -2.17. The van der Waals surface area contributed by atoms with Crippen LogP contribution < -0.4 is 0 Å². The molecule has 0 aliphatic heterocycles. The summed E-state index contributed by atoms with van der Waals surface area (Å²) in [7, 11) is 0. The minimum absolute atomic E-state index is 0.0129. The van der Waals surface area contributed by atoms with Crippen molar-refractivity contribution in [3.8, 4) is 0 Å². The van der Waals surface area contributed by atoms with Crippen molar-refractivity contribution in [3.63, 3.8) is 0 Å². The van der Waals surface area contributed by atoms with Crippen LogP contribution in [0.4, 0.5) is 0 Å². The maximum Gasteiger partial charge on any atom is 0.160 e. The van der Waals surface area contributed by atoms with Crippen LogP contribution in [-0.2, 0) is 0 Å². The highest BCUT2D eigenvalue weighted by atomic mass is 35.5. The first-order valence-electron chi connectivity index (χ1n) is 6.66. The molecule has 3 aromatic rings. The lowest BCUT2D eigenvalue weighted by atomic mass is 10.2. The summed E-state index contributed by atoms with van der Waals surface area (Å²) in [6.07, 6.45) is 3.40. The van der Waals surface area contributed by atoms with Gasteiger partial charge in [0.25, 0.3) is 0 Å². The number of hydrogen-bond acceptors (Lipinski definition) is 3. The molecule has 21 heavy (non-hydrogen) atoms. The molecule has 0 fully saturated rings. The smallest absolute Gasteiger partial charge is 0.160 e. The molecule has 0 saturated heterocycles. The Labute approximate surface area is 132 Å². The lowest BCUT2D eigenvalue weighted by Crippen LogP contribution is -2.13. The Balaban J connectivity index is 2.22. The number of pyridine rings is 2. The summed E-state index contributed by atoms with van der Waals surface area (Å²) in [6, 6.07) is 7.63. The highest BCUT2D eigenvalue weighted by Crippen LogP contribution is 2.30. The molecule has 2 atom stereocenters. The van der Waals surface area contributed by atoms with E-state index in [9.17, 15) is 0 Å². The molecule has 0 aliphatic rings. The van der Waals surface area contributed by atoms with Gasteiger partial charge >= 0.3 is 0 Å². The normalized spacial score (nSPS) is 14.3. The van der Waals surface area contributed by atoms with E-state index in [1.54, 1.807) is 18.5 Å². The summed E-state index contributed by atoms with van der Waals surface area (Å²) in [5.41, 5.74) is 2.44. The SMILES string of the molecule is CC(Cl)c1nc2cc(Cl)cnc2n1C(C)c1ccccn1.